The van der Waals surface area contributed by atoms with Crippen molar-refractivity contribution in [3.63, 3.8) is 0 Å². The summed E-state index contributed by atoms with van der Waals surface area (Å²) in [6.07, 6.45) is 6.15. The fraction of sp³-hybridized carbons (Fsp3) is 0.0556. The monoisotopic (exact) mass is 720 g/mol. The van der Waals surface area contributed by atoms with Gasteiger partial charge in [0, 0.05) is 28.9 Å². The zero-order valence-corrected chi connectivity index (χ0v) is 27.8. The average molecular weight is 722 g/mol. The second kappa shape index (κ2) is 15.8. The van der Waals surface area contributed by atoms with E-state index in [2.05, 4.69) is 48.0 Å². The molecule has 0 radical (unpaired) electrons. The molecule has 0 bridgehead atoms. The fourth-order valence-electron chi connectivity index (χ4n) is 4.43. The predicted octanol–water partition coefficient (Wildman–Crippen LogP) is 10.1. The van der Waals surface area contributed by atoms with Crippen molar-refractivity contribution in [2.24, 2.45) is 0 Å². The highest BCUT2D eigenvalue weighted by molar-refractivity contribution is 9.08. The van der Waals surface area contributed by atoms with E-state index in [0.29, 0.717) is 72.0 Å². The number of hydrogen-bond donors (Lipinski definition) is 0. The zero-order valence-electron chi connectivity index (χ0n) is 24.7. The molecule has 4 aromatic carbocycles. The summed E-state index contributed by atoms with van der Waals surface area (Å²) >= 11 is 15.9. The Morgan fingerprint density at radius 1 is 0.660 bits per heavy atom. The van der Waals surface area contributed by atoms with E-state index in [-0.39, 0.29) is 0 Å². The van der Waals surface area contributed by atoms with Crippen LogP contribution in [0.15, 0.2) is 110 Å². The molecule has 0 spiro atoms. The van der Waals surface area contributed by atoms with Crippen LogP contribution in [0.1, 0.15) is 22.3 Å². The first-order valence-electron chi connectivity index (χ1n) is 14.0. The van der Waals surface area contributed by atoms with Crippen LogP contribution in [-0.2, 0) is 5.33 Å². The van der Waals surface area contributed by atoms with E-state index in [9.17, 15) is 10.5 Å². The quantitative estimate of drug-likeness (QED) is 0.150. The summed E-state index contributed by atoms with van der Waals surface area (Å²) in [6, 6.07) is 29.7. The van der Waals surface area contributed by atoms with Crippen LogP contribution in [0, 0.1) is 29.6 Å². The predicted molar refractivity (Wildman–Crippen MR) is 185 cm³/mol. The topological polar surface area (TPSA) is 118 Å². The zero-order chi connectivity index (χ0) is 33.2. The van der Waals surface area contributed by atoms with Gasteiger partial charge in [0.25, 0.3) is 0 Å². The van der Waals surface area contributed by atoms with E-state index in [4.69, 9.17) is 32.7 Å². The molecule has 230 valence electrons. The normalized spacial score (nSPS) is 10.2. The number of nitriles is 2. The summed E-state index contributed by atoms with van der Waals surface area (Å²) in [7, 11) is 0. The Morgan fingerprint density at radius 2 is 1.17 bits per heavy atom. The van der Waals surface area contributed by atoms with Crippen molar-refractivity contribution in [1.82, 2.24) is 19.9 Å². The van der Waals surface area contributed by atoms with Crippen LogP contribution in [0.5, 0.6) is 23.0 Å². The summed E-state index contributed by atoms with van der Waals surface area (Å²) in [5, 5.41) is 20.8. The Kier molecular flexibility index (Phi) is 11.1. The van der Waals surface area contributed by atoms with Gasteiger partial charge in [-0.1, -0.05) is 75.5 Å². The van der Waals surface area contributed by atoms with E-state index in [1.54, 1.807) is 48.8 Å². The Hall–Kier alpha value is -5.32. The molecule has 0 fully saturated rings. The molecule has 0 atom stereocenters. The molecule has 0 saturated carbocycles. The molecule has 0 N–H and O–H groups in total. The maximum Gasteiger partial charge on any atom is 0.146 e. The molecule has 0 saturated heterocycles. The van der Waals surface area contributed by atoms with Gasteiger partial charge in [0.1, 0.15) is 58.9 Å². The van der Waals surface area contributed by atoms with Crippen molar-refractivity contribution in [3.05, 3.63) is 142 Å². The average Bonchev–Trinajstić information content (AvgIpc) is 3.11. The van der Waals surface area contributed by atoms with Gasteiger partial charge >= 0.3 is 0 Å². The van der Waals surface area contributed by atoms with Crippen molar-refractivity contribution in [3.8, 4) is 57.7 Å². The van der Waals surface area contributed by atoms with Gasteiger partial charge in [-0.05, 0) is 66.6 Å². The number of nitrogens with zero attached hydrogens (tertiary/aromatic N) is 6. The smallest absolute Gasteiger partial charge is 0.146 e. The van der Waals surface area contributed by atoms with E-state index in [0.717, 1.165) is 11.1 Å². The molecule has 47 heavy (non-hydrogen) atoms. The Labute approximate surface area is 290 Å². The minimum atomic E-state index is 0.400. The lowest BCUT2D eigenvalue weighted by Crippen LogP contribution is -1.94. The van der Waals surface area contributed by atoms with E-state index < -0.39 is 0 Å². The highest BCUT2D eigenvalue weighted by atomic mass is 79.9. The van der Waals surface area contributed by atoms with Crippen LogP contribution in [0.4, 0.5) is 0 Å². The van der Waals surface area contributed by atoms with E-state index in [1.165, 1.54) is 12.7 Å². The SMILES string of the molecule is Cc1ccc(Oc2cccc(-c3ccncn3)c2C#N)c(Cl)c1.N#Cc1c(Oc2ccc(CBr)cc2Cl)cccc1-c1ccncn1. The lowest BCUT2D eigenvalue weighted by molar-refractivity contribution is 0.481. The van der Waals surface area contributed by atoms with Gasteiger partial charge in [-0.2, -0.15) is 10.5 Å². The van der Waals surface area contributed by atoms with E-state index in [1.807, 2.05) is 55.5 Å². The van der Waals surface area contributed by atoms with Crippen LogP contribution < -0.4 is 9.47 Å². The van der Waals surface area contributed by atoms with Crippen molar-refractivity contribution < 1.29 is 9.47 Å². The summed E-state index contributed by atoms with van der Waals surface area (Å²) in [4.78, 5) is 16.2. The van der Waals surface area contributed by atoms with Gasteiger partial charge in [0.05, 0.1) is 21.4 Å². The molecule has 0 aliphatic heterocycles. The number of ether oxygens (including phenoxy) is 2. The van der Waals surface area contributed by atoms with Crippen molar-refractivity contribution >= 4 is 39.1 Å². The molecule has 0 amide bonds. The minimum Gasteiger partial charge on any atom is -0.454 e. The van der Waals surface area contributed by atoms with Crippen LogP contribution in [0.2, 0.25) is 10.0 Å². The Balaban J connectivity index is 0.000000185. The molecule has 11 heteroatoms. The molecule has 0 aliphatic rings. The summed E-state index contributed by atoms with van der Waals surface area (Å²) in [5.74, 6) is 1.88. The molecule has 6 rings (SSSR count). The highest BCUT2D eigenvalue weighted by Crippen LogP contribution is 2.37. The number of rotatable bonds is 7. The van der Waals surface area contributed by atoms with Crippen LogP contribution in [-0.4, -0.2) is 19.9 Å². The van der Waals surface area contributed by atoms with Gasteiger partial charge < -0.3 is 9.47 Å². The first-order chi connectivity index (χ1) is 22.9. The third kappa shape index (κ3) is 8.10. The number of benzene rings is 4. The molecule has 2 aromatic heterocycles. The summed E-state index contributed by atoms with van der Waals surface area (Å²) in [6.45, 7) is 1.95. The molecule has 0 aliphatic carbocycles. The van der Waals surface area contributed by atoms with Crippen molar-refractivity contribution in [2.75, 3.05) is 0 Å². The third-order valence-electron chi connectivity index (χ3n) is 6.67. The van der Waals surface area contributed by atoms with Crippen LogP contribution >= 0.6 is 39.1 Å². The van der Waals surface area contributed by atoms with Crippen molar-refractivity contribution in [2.45, 2.75) is 12.3 Å². The standard InChI is InChI=1S/C18H11BrClN3O.C18H12ClN3O/c19-9-12-4-5-18(15(20)8-12)24-17-3-1-2-13(14(17)10-21)16-6-7-22-11-23-16;1-12-5-6-18(15(19)9-12)23-17-4-2-3-13(14(17)10-20)16-7-8-21-11-22-16/h1-8,11H,9H2;2-9,11H,1H3. The van der Waals surface area contributed by atoms with Gasteiger partial charge in [-0.25, -0.2) is 19.9 Å². The molecular weight excluding hydrogens is 699 g/mol. The third-order valence-corrected chi connectivity index (χ3v) is 7.91. The second-order valence-corrected chi connectivity index (χ2v) is 11.2. The van der Waals surface area contributed by atoms with Gasteiger partial charge in [-0.15, -0.1) is 0 Å². The lowest BCUT2D eigenvalue weighted by Gasteiger charge is -2.12. The van der Waals surface area contributed by atoms with Gasteiger partial charge in [0.15, 0.2) is 0 Å². The molecule has 6 aromatic rings. The number of hydrogen-bond acceptors (Lipinski definition) is 8. The maximum atomic E-state index is 9.58. The van der Waals surface area contributed by atoms with Gasteiger partial charge in [0.2, 0.25) is 0 Å². The number of aromatic nitrogens is 4. The molecule has 8 nitrogen and oxygen atoms in total. The Morgan fingerprint density at radius 3 is 1.60 bits per heavy atom. The highest BCUT2D eigenvalue weighted by Gasteiger charge is 2.15. The summed E-state index contributed by atoms with van der Waals surface area (Å²) in [5.41, 5.74) is 5.59. The Bertz CT molecular complexity index is 2100. The first-order valence-corrected chi connectivity index (χ1v) is 15.8. The lowest BCUT2D eigenvalue weighted by atomic mass is 10.0. The molecular formula is C36H23BrCl2N6O2. The largest absolute Gasteiger partial charge is 0.454 e. The summed E-state index contributed by atoms with van der Waals surface area (Å²) < 4.78 is 11.7. The molecule has 2 heterocycles. The van der Waals surface area contributed by atoms with Crippen LogP contribution in [0.25, 0.3) is 22.5 Å². The molecule has 0 unspecified atom stereocenters. The number of alkyl halides is 1. The van der Waals surface area contributed by atoms with Gasteiger partial charge in [-0.3, -0.25) is 0 Å². The van der Waals surface area contributed by atoms with Crippen molar-refractivity contribution in [1.29, 1.82) is 10.5 Å². The number of halogens is 3. The van der Waals surface area contributed by atoms with Crippen LogP contribution in [0.3, 0.4) is 0 Å². The van der Waals surface area contributed by atoms with E-state index >= 15 is 0 Å². The second-order valence-electron chi connectivity index (χ2n) is 9.81. The minimum absolute atomic E-state index is 0.400. The first kappa shape index (κ1) is 33.1. The maximum absolute atomic E-state index is 9.58. The number of aryl methyl sites for hydroxylation is 1. The fourth-order valence-corrected chi connectivity index (χ4v) is 5.29.